The number of rotatable bonds is 12. The quantitative estimate of drug-likeness (QED) is 0.304. The number of hydrogen-bond donors (Lipinski definition) is 1. The van der Waals surface area contributed by atoms with Crippen LogP contribution in [0.3, 0.4) is 0 Å². The van der Waals surface area contributed by atoms with Crippen LogP contribution in [0.5, 0.6) is 11.6 Å². The maximum atomic E-state index is 10.6. The standard InChI is InChI=1S/C28H33N3O4/c1-4-33-20-23(32)17-31(18-25-11-8-16-34-25)19-26-27(22-9-6-5-7-10-22)29-30(3)28(26)35-24-14-12-21(2)13-15-24/h5-16,23,32H,4,17-20H2,1-3H3. The molecule has 2 aromatic carbocycles. The van der Waals surface area contributed by atoms with Crippen molar-refractivity contribution in [3.05, 3.63) is 89.9 Å². The Balaban J connectivity index is 1.69. The van der Waals surface area contributed by atoms with Crippen LogP contribution in [0.4, 0.5) is 0 Å². The van der Waals surface area contributed by atoms with Crippen LogP contribution in [0.25, 0.3) is 11.3 Å². The number of hydrogen-bond acceptors (Lipinski definition) is 6. The second-order valence-electron chi connectivity index (χ2n) is 8.60. The number of ether oxygens (including phenoxy) is 2. The Morgan fingerprint density at radius 3 is 2.49 bits per heavy atom. The second kappa shape index (κ2) is 11.8. The molecule has 0 amide bonds. The zero-order chi connectivity index (χ0) is 24.6. The minimum absolute atomic E-state index is 0.274. The lowest BCUT2D eigenvalue weighted by atomic mass is 10.1. The van der Waals surface area contributed by atoms with Crippen molar-refractivity contribution in [3.8, 4) is 22.9 Å². The number of nitrogens with zero attached hydrogens (tertiary/aromatic N) is 3. The third kappa shape index (κ3) is 6.60. The van der Waals surface area contributed by atoms with Gasteiger partial charge in [-0.1, -0.05) is 48.0 Å². The van der Waals surface area contributed by atoms with Gasteiger partial charge in [-0.25, -0.2) is 4.68 Å². The summed E-state index contributed by atoms with van der Waals surface area (Å²) in [5.74, 6) is 2.23. The monoisotopic (exact) mass is 475 g/mol. The van der Waals surface area contributed by atoms with E-state index in [0.717, 1.165) is 28.3 Å². The number of furan rings is 1. The Labute approximate surface area is 206 Å². The van der Waals surface area contributed by atoms with Gasteiger partial charge in [0.1, 0.15) is 17.2 Å². The van der Waals surface area contributed by atoms with Gasteiger partial charge < -0.3 is 19.0 Å². The van der Waals surface area contributed by atoms with Gasteiger partial charge in [0.05, 0.1) is 31.1 Å². The lowest BCUT2D eigenvalue weighted by Gasteiger charge is -2.24. The Kier molecular flexibility index (Phi) is 8.36. The van der Waals surface area contributed by atoms with E-state index >= 15 is 0 Å². The van der Waals surface area contributed by atoms with Crippen molar-refractivity contribution < 1.29 is 19.0 Å². The average molecular weight is 476 g/mol. The smallest absolute Gasteiger partial charge is 0.222 e. The number of aliphatic hydroxyl groups excluding tert-OH is 1. The number of aliphatic hydroxyl groups is 1. The first-order valence-corrected chi connectivity index (χ1v) is 11.9. The van der Waals surface area contributed by atoms with Crippen molar-refractivity contribution >= 4 is 0 Å². The fourth-order valence-electron chi connectivity index (χ4n) is 4.00. The Hall–Kier alpha value is -3.39. The average Bonchev–Trinajstić information content (AvgIpc) is 3.48. The van der Waals surface area contributed by atoms with E-state index in [4.69, 9.17) is 19.0 Å². The van der Waals surface area contributed by atoms with Crippen LogP contribution >= 0.6 is 0 Å². The van der Waals surface area contributed by atoms with E-state index in [0.29, 0.717) is 32.1 Å². The lowest BCUT2D eigenvalue weighted by Crippen LogP contribution is -2.34. The molecule has 0 saturated carbocycles. The molecule has 0 saturated heterocycles. The lowest BCUT2D eigenvalue weighted by molar-refractivity contribution is 0.0167. The van der Waals surface area contributed by atoms with Crippen molar-refractivity contribution in [2.45, 2.75) is 33.0 Å². The normalized spacial score (nSPS) is 12.3. The van der Waals surface area contributed by atoms with Crippen molar-refractivity contribution in [1.82, 2.24) is 14.7 Å². The molecule has 0 fully saturated rings. The maximum absolute atomic E-state index is 10.6. The number of benzene rings is 2. The van der Waals surface area contributed by atoms with Crippen molar-refractivity contribution in [3.63, 3.8) is 0 Å². The molecule has 1 unspecified atom stereocenters. The van der Waals surface area contributed by atoms with E-state index in [1.54, 1.807) is 10.9 Å². The Morgan fingerprint density at radius 1 is 1.03 bits per heavy atom. The molecule has 0 aliphatic rings. The van der Waals surface area contributed by atoms with Crippen LogP contribution in [0.15, 0.2) is 77.4 Å². The molecule has 184 valence electrons. The molecular formula is C28H33N3O4. The highest BCUT2D eigenvalue weighted by Crippen LogP contribution is 2.34. The van der Waals surface area contributed by atoms with Gasteiger partial charge in [-0.15, -0.1) is 0 Å². The van der Waals surface area contributed by atoms with Gasteiger partial charge in [0, 0.05) is 32.3 Å². The van der Waals surface area contributed by atoms with Crippen LogP contribution in [0, 0.1) is 6.92 Å². The van der Waals surface area contributed by atoms with E-state index in [9.17, 15) is 5.11 Å². The molecule has 0 aliphatic carbocycles. The molecule has 7 heteroatoms. The van der Waals surface area contributed by atoms with Crippen LogP contribution in [0.2, 0.25) is 0 Å². The SMILES string of the molecule is CCOCC(O)CN(Cc1ccco1)Cc1c(-c2ccccc2)nn(C)c1Oc1ccc(C)cc1. The molecule has 2 heterocycles. The van der Waals surface area contributed by atoms with Gasteiger partial charge in [0.2, 0.25) is 5.88 Å². The predicted octanol–water partition coefficient (Wildman–Crippen LogP) is 5.18. The summed E-state index contributed by atoms with van der Waals surface area (Å²) in [6.45, 7) is 6.25. The maximum Gasteiger partial charge on any atom is 0.222 e. The highest BCUT2D eigenvalue weighted by atomic mass is 16.5. The first kappa shape index (κ1) is 24.7. The minimum Gasteiger partial charge on any atom is -0.468 e. The number of aryl methyl sites for hydroxylation is 2. The third-order valence-corrected chi connectivity index (χ3v) is 5.70. The zero-order valence-corrected chi connectivity index (χ0v) is 20.6. The second-order valence-corrected chi connectivity index (χ2v) is 8.60. The largest absolute Gasteiger partial charge is 0.468 e. The van der Waals surface area contributed by atoms with Gasteiger partial charge >= 0.3 is 0 Å². The fraction of sp³-hybridized carbons (Fsp3) is 0.321. The molecular weight excluding hydrogens is 442 g/mol. The van der Waals surface area contributed by atoms with E-state index in [-0.39, 0.29) is 6.61 Å². The molecule has 0 spiro atoms. The van der Waals surface area contributed by atoms with Gasteiger partial charge in [-0.05, 0) is 38.1 Å². The third-order valence-electron chi connectivity index (χ3n) is 5.70. The van der Waals surface area contributed by atoms with Crippen molar-refractivity contribution in [2.75, 3.05) is 19.8 Å². The summed E-state index contributed by atoms with van der Waals surface area (Å²) in [5, 5.41) is 15.5. The molecule has 4 rings (SSSR count). The summed E-state index contributed by atoms with van der Waals surface area (Å²) < 4.78 is 19.2. The molecule has 35 heavy (non-hydrogen) atoms. The summed E-state index contributed by atoms with van der Waals surface area (Å²) in [4.78, 5) is 2.13. The van der Waals surface area contributed by atoms with Crippen LogP contribution in [-0.2, 0) is 24.9 Å². The first-order chi connectivity index (χ1) is 17.0. The van der Waals surface area contributed by atoms with E-state index < -0.39 is 6.10 Å². The predicted molar refractivity (Wildman–Crippen MR) is 135 cm³/mol. The van der Waals surface area contributed by atoms with Gasteiger partial charge in [-0.3, -0.25) is 4.90 Å². The fourth-order valence-corrected chi connectivity index (χ4v) is 4.00. The van der Waals surface area contributed by atoms with E-state index in [1.165, 1.54) is 5.56 Å². The summed E-state index contributed by atoms with van der Waals surface area (Å²) in [5.41, 5.74) is 3.96. The van der Waals surface area contributed by atoms with Crippen LogP contribution in [0.1, 0.15) is 23.8 Å². The van der Waals surface area contributed by atoms with Crippen LogP contribution in [-0.4, -0.2) is 45.6 Å². The van der Waals surface area contributed by atoms with Gasteiger partial charge in [0.15, 0.2) is 0 Å². The van der Waals surface area contributed by atoms with Gasteiger partial charge in [0.25, 0.3) is 0 Å². The summed E-state index contributed by atoms with van der Waals surface area (Å²) in [6, 6.07) is 21.9. The van der Waals surface area contributed by atoms with Crippen molar-refractivity contribution in [1.29, 1.82) is 0 Å². The summed E-state index contributed by atoms with van der Waals surface area (Å²) >= 11 is 0. The molecule has 1 N–H and O–H groups in total. The molecule has 1 atom stereocenters. The van der Waals surface area contributed by atoms with E-state index in [1.807, 2.05) is 87.6 Å². The first-order valence-electron chi connectivity index (χ1n) is 11.9. The van der Waals surface area contributed by atoms with E-state index in [2.05, 4.69) is 4.90 Å². The topological polar surface area (TPSA) is 72.9 Å². The molecule has 7 nitrogen and oxygen atoms in total. The molecule has 0 bridgehead atoms. The molecule has 0 aliphatic heterocycles. The molecule has 2 aromatic heterocycles. The summed E-state index contributed by atoms with van der Waals surface area (Å²) in [7, 11) is 1.89. The summed E-state index contributed by atoms with van der Waals surface area (Å²) in [6.07, 6.45) is 1.03. The minimum atomic E-state index is -0.636. The molecule has 0 radical (unpaired) electrons. The number of aromatic nitrogens is 2. The highest BCUT2D eigenvalue weighted by Gasteiger charge is 2.24. The molecule has 4 aromatic rings. The zero-order valence-electron chi connectivity index (χ0n) is 20.6. The Bertz CT molecular complexity index is 1170. The van der Waals surface area contributed by atoms with Crippen molar-refractivity contribution in [2.24, 2.45) is 7.05 Å². The highest BCUT2D eigenvalue weighted by molar-refractivity contribution is 5.65. The van der Waals surface area contributed by atoms with Crippen LogP contribution < -0.4 is 4.74 Å². The Morgan fingerprint density at radius 2 is 1.80 bits per heavy atom. The van der Waals surface area contributed by atoms with Gasteiger partial charge in [-0.2, -0.15) is 5.10 Å².